The number of hydrogen-bond donors (Lipinski definition) is 0. The SMILES string of the molecule is CO[C@]12C=C[C@H]([C@@H]3CC=C[C@@H]31)[C@](C=O)(OC)C2=O. The molecular weight excluding hydrogens is 232 g/mol. The first-order valence-electron chi connectivity index (χ1n) is 6.14. The number of fused-ring (bicyclic) bond motifs is 1. The van der Waals surface area contributed by atoms with E-state index in [-0.39, 0.29) is 23.5 Å². The quantitative estimate of drug-likeness (QED) is 0.423. The van der Waals surface area contributed by atoms with Gasteiger partial charge in [-0.15, -0.1) is 0 Å². The van der Waals surface area contributed by atoms with Crippen molar-refractivity contribution in [1.29, 1.82) is 0 Å². The van der Waals surface area contributed by atoms with E-state index in [1.165, 1.54) is 14.2 Å². The molecule has 0 unspecified atom stereocenters. The molecule has 4 heteroatoms. The predicted octanol–water partition coefficient (Wildman–Crippen LogP) is 0.917. The summed E-state index contributed by atoms with van der Waals surface area (Å²) >= 11 is 0. The zero-order chi connectivity index (χ0) is 13.0. The van der Waals surface area contributed by atoms with Crippen LogP contribution in [0.25, 0.3) is 0 Å². The van der Waals surface area contributed by atoms with Crippen molar-refractivity contribution in [3.63, 3.8) is 0 Å². The van der Waals surface area contributed by atoms with Gasteiger partial charge in [0.25, 0.3) is 0 Å². The molecule has 5 atom stereocenters. The second-order valence-electron chi connectivity index (χ2n) is 5.18. The zero-order valence-electron chi connectivity index (χ0n) is 10.5. The third-order valence-electron chi connectivity index (χ3n) is 4.78. The van der Waals surface area contributed by atoms with E-state index in [4.69, 9.17) is 9.47 Å². The van der Waals surface area contributed by atoms with Crippen LogP contribution in [0, 0.1) is 17.8 Å². The summed E-state index contributed by atoms with van der Waals surface area (Å²) in [5.41, 5.74) is -2.42. The molecule has 0 spiro atoms. The van der Waals surface area contributed by atoms with Crippen LogP contribution in [0.5, 0.6) is 0 Å². The summed E-state index contributed by atoms with van der Waals surface area (Å²) in [5, 5.41) is 0. The molecule has 0 N–H and O–H groups in total. The van der Waals surface area contributed by atoms with Crippen molar-refractivity contribution in [2.45, 2.75) is 17.6 Å². The Hall–Kier alpha value is -1.26. The highest BCUT2D eigenvalue weighted by Gasteiger charge is 2.68. The molecule has 96 valence electrons. The number of methoxy groups -OCH3 is 2. The molecule has 2 bridgehead atoms. The minimum absolute atomic E-state index is 0.0215. The monoisotopic (exact) mass is 248 g/mol. The van der Waals surface area contributed by atoms with Crippen molar-refractivity contribution < 1.29 is 19.1 Å². The van der Waals surface area contributed by atoms with Crippen molar-refractivity contribution in [3.05, 3.63) is 24.3 Å². The average Bonchev–Trinajstić information content (AvgIpc) is 2.91. The van der Waals surface area contributed by atoms with Crippen LogP contribution >= 0.6 is 0 Å². The van der Waals surface area contributed by atoms with E-state index in [1.54, 1.807) is 6.08 Å². The molecule has 0 radical (unpaired) electrons. The Morgan fingerprint density at radius 3 is 2.67 bits per heavy atom. The number of rotatable bonds is 3. The van der Waals surface area contributed by atoms with E-state index in [1.807, 2.05) is 12.2 Å². The van der Waals surface area contributed by atoms with Crippen LogP contribution in [0.1, 0.15) is 6.42 Å². The van der Waals surface area contributed by atoms with Gasteiger partial charge in [0.15, 0.2) is 17.5 Å². The van der Waals surface area contributed by atoms with Crippen molar-refractivity contribution in [2.24, 2.45) is 17.8 Å². The van der Waals surface area contributed by atoms with Gasteiger partial charge in [0.2, 0.25) is 5.78 Å². The van der Waals surface area contributed by atoms with Gasteiger partial charge in [-0.1, -0.05) is 18.2 Å². The topological polar surface area (TPSA) is 52.6 Å². The number of carbonyl (C=O) groups is 2. The summed E-state index contributed by atoms with van der Waals surface area (Å²) in [6.45, 7) is 0. The number of hydrogen-bond acceptors (Lipinski definition) is 4. The van der Waals surface area contributed by atoms with Gasteiger partial charge in [0, 0.05) is 26.1 Å². The maximum Gasteiger partial charge on any atom is 0.208 e. The van der Waals surface area contributed by atoms with E-state index in [0.29, 0.717) is 6.29 Å². The molecule has 0 aromatic rings. The van der Waals surface area contributed by atoms with Gasteiger partial charge in [0.1, 0.15) is 0 Å². The van der Waals surface area contributed by atoms with Crippen molar-refractivity contribution in [3.8, 4) is 0 Å². The van der Waals surface area contributed by atoms with Crippen molar-refractivity contribution >= 4 is 12.1 Å². The number of Topliss-reactive ketones (excluding diaryl/α,β-unsaturated/α-hetero) is 1. The number of allylic oxidation sites excluding steroid dienone is 1. The highest BCUT2D eigenvalue weighted by molar-refractivity contribution is 6.10. The van der Waals surface area contributed by atoms with Gasteiger partial charge in [-0.2, -0.15) is 0 Å². The fourth-order valence-electron chi connectivity index (χ4n) is 3.85. The lowest BCUT2D eigenvalue weighted by Gasteiger charge is -2.54. The zero-order valence-corrected chi connectivity index (χ0v) is 10.5. The van der Waals surface area contributed by atoms with Gasteiger partial charge in [-0.3, -0.25) is 9.59 Å². The maximum absolute atomic E-state index is 12.7. The highest BCUT2D eigenvalue weighted by Crippen LogP contribution is 2.55. The predicted molar refractivity (Wildman–Crippen MR) is 63.9 cm³/mol. The number of ketones is 1. The Labute approximate surface area is 106 Å². The highest BCUT2D eigenvalue weighted by atomic mass is 16.5. The van der Waals surface area contributed by atoms with E-state index < -0.39 is 11.2 Å². The molecule has 1 fully saturated rings. The normalized spacial score (nSPS) is 48.6. The molecular formula is C14H16O4. The first-order chi connectivity index (χ1) is 8.66. The molecule has 18 heavy (non-hydrogen) atoms. The van der Waals surface area contributed by atoms with Gasteiger partial charge in [-0.25, -0.2) is 0 Å². The molecule has 0 heterocycles. The van der Waals surface area contributed by atoms with E-state index in [2.05, 4.69) is 6.08 Å². The molecule has 0 amide bonds. The van der Waals surface area contributed by atoms with Gasteiger partial charge in [0.05, 0.1) is 0 Å². The summed E-state index contributed by atoms with van der Waals surface area (Å²) in [6, 6.07) is 0. The van der Waals surface area contributed by atoms with E-state index in [9.17, 15) is 9.59 Å². The van der Waals surface area contributed by atoms with E-state index >= 15 is 0 Å². The standard InChI is InChI=1S/C14H16O4/c1-17-13-7-6-11(9-4-3-5-10(9)13)14(8-15,18-2)12(13)16/h3,5-11H,4H2,1-2H3/t9-,10+,11-,13-,14+/m1/s1. The Balaban J connectivity index is 2.21. The average molecular weight is 248 g/mol. The fourth-order valence-corrected chi connectivity index (χ4v) is 3.85. The minimum atomic E-state index is -1.38. The largest absolute Gasteiger partial charge is 0.366 e. The lowest BCUT2D eigenvalue weighted by Crippen LogP contribution is -2.70. The second-order valence-corrected chi connectivity index (χ2v) is 5.18. The third-order valence-corrected chi connectivity index (χ3v) is 4.78. The minimum Gasteiger partial charge on any atom is -0.366 e. The lowest BCUT2D eigenvalue weighted by molar-refractivity contribution is -0.188. The lowest BCUT2D eigenvalue weighted by atomic mass is 9.54. The first kappa shape index (κ1) is 11.8. The van der Waals surface area contributed by atoms with Gasteiger partial charge < -0.3 is 9.47 Å². The summed E-state index contributed by atoms with van der Waals surface area (Å²) in [4.78, 5) is 24.2. The Morgan fingerprint density at radius 2 is 2.06 bits per heavy atom. The molecule has 4 aliphatic rings. The molecule has 0 aromatic heterocycles. The van der Waals surface area contributed by atoms with Gasteiger partial charge in [-0.05, 0) is 18.4 Å². The summed E-state index contributed by atoms with van der Waals surface area (Å²) in [5.74, 6) is -0.231. The van der Waals surface area contributed by atoms with Crippen LogP contribution < -0.4 is 0 Å². The number of carbonyl (C=O) groups excluding carboxylic acids is 2. The van der Waals surface area contributed by atoms with Crippen LogP contribution in [0.2, 0.25) is 0 Å². The maximum atomic E-state index is 12.7. The Morgan fingerprint density at radius 1 is 1.28 bits per heavy atom. The number of aldehydes is 1. The Bertz CT molecular complexity index is 466. The smallest absolute Gasteiger partial charge is 0.208 e. The summed E-state index contributed by atoms with van der Waals surface area (Å²) in [6.07, 6.45) is 9.32. The molecule has 4 aliphatic carbocycles. The van der Waals surface area contributed by atoms with Crippen LogP contribution in [-0.4, -0.2) is 37.5 Å². The van der Waals surface area contributed by atoms with Crippen LogP contribution in [0.4, 0.5) is 0 Å². The fraction of sp³-hybridized carbons (Fsp3) is 0.571. The second kappa shape index (κ2) is 3.62. The summed E-state index contributed by atoms with van der Waals surface area (Å²) < 4.78 is 10.9. The van der Waals surface area contributed by atoms with Gasteiger partial charge >= 0.3 is 0 Å². The van der Waals surface area contributed by atoms with E-state index in [0.717, 1.165) is 6.42 Å². The Kier molecular flexibility index (Phi) is 2.37. The molecule has 1 saturated carbocycles. The molecule has 0 saturated heterocycles. The van der Waals surface area contributed by atoms with Crippen LogP contribution in [0.15, 0.2) is 24.3 Å². The summed E-state index contributed by atoms with van der Waals surface area (Å²) in [7, 11) is 2.93. The van der Waals surface area contributed by atoms with Crippen LogP contribution in [-0.2, 0) is 19.1 Å². The molecule has 0 aromatic carbocycles. The van der Waals surface area contributed by atoms with Crippen LogP contribution in [0.3, 0.4) is 0 Å². The molecule has 0 aliphatic heterocycles. The van der Waals surface area contributed by atoms with Crippen molar-refractivity contribution in [2.75, 3.05) is 14.2 Å². The van der Waals surface area contributed by atoms with Crippen molar-refractivity contribution in [1.82, 2.24) is 0 Å². The third kappa shape index (κ3) is 1.04. The first-order valence-corrected chi connectivity index (χ1v) is 6.14. The molecule has 4 rings (SSSR count). The molecule has 4 nitrogen and oxygen atoms in total. The number of ether oxygens (including phenoxy) is 2.